The summed E-state index contributed by atoms with van der Waals surface area (Å²) in [6, 6.07) is 7.32. The molecule has 1 aliphatic carbocycles. The fourth-order valence-corrected chi connectivity index (χ4v) is 2.84. The summed E-state index contributed by atoms with van der Waals surface area (Å²) in [4.78, 5) is 24.2. The third kappa shape index (κ3) is 6.29. The van der Waals surface area contributed by atoms with Crippen molar-refractivity contribution in [2.75, 3.05) is 32.1 Å². The maximum Gasteiger partial charge on any atom is 0.251 e. The van der Waals surface area contributed by atoms with E-state index in [9.17, 15) is 9.59 Å². The molecule has 0 radical (unpaired) electrons. The lowest BCUT2D eigenvalue weighted by Gasteiger charge is -2.22. The van der Waals surface area contributed by atoms with Gasteiger partial charge >= 0.3 is 0 Å². The van der Waals surface area contributed by atoms with E-state index in [1.807, 2.05) is 0 Å². The van der Waals surface area contributed by atoms with Crippen LogP contribution in [0.2, 0.25) is 0 Å². The van der Waals surface area contributed by atoms with E-state index in [1.165, 1.54) is 19.3 Å². The summed E-state index contributed by atoms with van der Waals surface area (Å²) in [6.45, 7) is 1.39. The number of methoxy groups -OCH3 is 1. The number of carbonyl (C=O) groups is 2. The summed E-state index contributed by atoms with van der Waals surface area (Å²) in [5.41, 5.74) is 1.20. The summed E-state index contributed by atoms with van der Waals surface area (Å²) in [5.74, 6) is -0.216. The monoisotopic (exact) mass is 333 g/mol. The summed E-state index contributed by atoms with van der Waals surface area (Å²) >= 11 is 0. The molecule has 1 fully saturated rings. The summed E-state index contributed by atoms with van der Waals surface area (Å²) in [7, 11) is 1.62. The fourth-order valence-electron chi connectivity index (χ4n) is 2.84. The Hall–Kier alpha value is -1.92. The molecule has 0 aromatic heterocycles. The van der Waals surface area contributed by atoms with Crippen LogP contribution in [0.3, 0.4) is 0 Å². The second kappa shape index (κ2) is 10.1. The molecule has 132 valence electrons. The van der Waals surface area contributed by atoms with Crippen LogP contribution in [0.5, 0.6) is 0 Å². The Morgan fingerprint density at radius 3 is 2.75 bits per heavy atom. The van der Waals surface area contributed by atoms with Crippen molar-refractivity contribution in [3.63, 3.8) is 0 Å². The molecule has 1 aromatic rings. The molecule has 0 spiro atoms. The molecule has 1 aromatic carbocycles. The van der Waals surface area contributed by atoms with Crippen LogP contribution < -0.4 is 16.0 Å². The third-order valence-corrected chi connectivity index (χ3v) is 4.12. The van der Waals surface area contributed by atoms with Gasteiger partial charge in [-0.2, -0.15) is 0 Å². The summed E-state index contributed by atoms with van der Waals surface area (Å²) < 4.78 is 4.91. The van der Waals surface area contributed by atoms with Gasteiger partial charge in [-0.25, -0.2) is 0 Å². The average molecular weight is 333 g/mol. The van der Waals surface area contributed by atoms with Crippen molar-refractivity contribution < 1.29 is 14.3 Å². The van der Waals surface area contributed by atoms with Crippen molar-refractivity contribution in [2.24, 2.45) is 0 Å². The number of anilines is 1. The van der Waals surface area contributed by atoms with Crippen LogP contribution in [0.15, 0.2) is 24.3 Å². The third-order valence-electron chi connectivity index (χ3n) is 4.12. The lowest BCUT2D eigenvalue weighted by Crippen LogP contribution is -2.36. The lowest BCUT2D eigenvalue weighted by molar-refractivity contribution is -0.115. The Bertz CT molecular complexity index is 542. The van der Waals surface area contributed by atoms with Crippen LogP contribution in [-0.4, -0.2) is 44.7 Å². The minimum atomic E-state index is -0.143. The molecule has 0 atom stereocenters. The number of rotatable bonds is 8. The number of amides is 2. The average Bonchev–Trinajstić information content (AvgIpc) is 2.60. The topological polar surface area (TPSA) is 79.5 Å². The van der Waals surface area contributed by atoms with Crippen molar-refractivity contribution >= 4 is 17.5 Å². The van der Waals surface area contributed by atoms with Crippen molar-refractivity contribution in [1.82, 2.24) is 10.6 Å². The number of ether oxygens (including phenoxy) is 1. The van der Waals surface area contributed by atoms with E-state index in [1.54, 1.807) is 31.4 Å². The van der Waals surface area contributed by atoms with Gasteiger partial charge in [-0.15, -0.1) is 0 Å². The molecule has 0 aliphatic heterocycles. The maximum absolute atomic E-state index is 12.3. The van der Waals surface area contributed by atoms with Gasteiger partial charge < -0.3 is 20.7 Å². The van der Waals surface area contributed by atoms with Crippen LogP contribution in [-0.2, 0) is 9.53 Å². The normalized spacial score (nSPS) is 15.0. The van der Waals surface area contributed by atoms with Gasteiger partial charge in [0.25, 0.3) is 5.91 Å². The Kier molecular flexibility index (Phi) is 7.71. The van der Waals surface area contributed by atoms with Crippen LogP contribution >= 0.6 is 0 Å². The molecule has 3 N–H and O–H groups in total. The van der Waals surface area contributed by atoms with E-state index in [-0.39, 0.29) is 24.4 Å². The molecule has 24 heavy (non-hydrogen) atoms. The molecule has 0 saturated heterocycles. The predicted octanol–water partition coefficient (Wildman–Crippen LogP) is 1.92. The second-order valence-electron chi connectivity index (χ2n) is 6.11. The molecule has 6 heteroatoms. The molecule has 1 saturated carbocycles. The zero-order chi connectivity index (χ0) is 17.2. The Labute approximate surface area is 143 Å². The van der Waals surface area contributed by atoms with Crippen LogP contribution in [0, 0.1) is 0 Å². The van der Waals surface area contributed by atoms with E-state index in [0.717, 1.165) is 12.8 Å². The highest BCUT2D eigenvalue weighted by atomic mass is 16.5. The number of carbonyl (C=O) groups excluding carboxylic acids is 2. The van der Waals surface area contributed by atoms with E-state index < -0.39 is 0 Å². The summed E-state index contributed by atoms with van der Waals surface area (Å²) in [5, 5.41) is 8.86. The molecule has 6 nitrogen and oxygen atoms in total. The van der Waals surface area contributed by atoms with Gasteiger partial charge in [-0.1, -0.05) is 25.3 Å². The van der Waals surface area contributed by atoms with Gasteiger partial charge in [0, 0.05) is 30.9 Å². The highest BCUT2D eigenvalue weighted by molar-refractivity contribution is 5.97. The van der Waals surface area contributed by atoms with Gasteiger partial charge in [0.05, 0.1) is 13.2 Å². The Morgan fingerprint density at radius 2 is 2.00 bits per heavy atom. The fraction of sp³-hybridized carbons (Fsp3) is 0.556. The van der Waals surface area contributed by atoms with Gasteiger partial charge in [-0.05, 0) is 31.0 Å². The molecular formula is C18H27N3O3. The molecule has 0 unspecified atom stereocenters. The zero-order valence-corrected chi connectivity index (χ0v) is 14.3. The van der Waals surface area contributed by atoms with Gasteiger partial charge in [-0.3, -0.25) is 9.59 Å². The van der Waals surface area contributed by atoms with Crippen molar-refractivity contribution in [3.05, 3.63) is 29.8 Å². The zero-order valence-electron chi connectivity index (χ0n) is 14.3. The molecule has 0 bridgehead atoms. The standard InChI is InChI=1S/C18H27N3O3/c1-24-11-10-19-13-17(22)20-16-9-5-6-14(12-16)18(23)21-15-7-3-2-4-8-15/h5-6,9,12,15,19H,2-4,7-8,10-11,13H2,1H3,(H,20,22)(H,21,23). The predicted molar refractivity (Wildman–Crippen MR) is 94.2 cm³/mol. The quantitative estimate of drug-likeness (QED) is 0.635. The van der Waals surface area contributed by atoms with E-state index in [2.05, 4.69) is 16.0 Å². The largest absolute Gasteiger partial charge is 0.383 e. The Morgan fingerprint density at radius 1 is 1.21 bits per heavy atom. The van der Waals surface area contributed by atoms with Gasteiger partial charge in [0.1, 0.15) is 0 Å². The summed E-state index contributed by atoms with van der Waals surface area (Å²) in [6.07, 6.45) is 5.71. The van der Waals surface area contributed by atoms with Crippen LogP contribution in [0.4, 0.5) is 5.69 Å². The second-order valence-corrected chi connectivity index (χ2v) is 6.11. The number of benzene rings is 1. The van der Waals surface area contributed by atoms with Gasteiger partial charge in [0.15, 0.2) is 0 Å². The molecule has 2 rings (SSSR count). The van der Waals surface area contributed by atoms with Crippen LogP contribution in [0.25, 0.3) is 0 Å². The van der Waals surface area contributed by atoms with E-state index in [0.29, 0.717) is 24.4 Å². The van der Waals surface area contributed by atoms with Crippen molar-refractivity contribution in [2.45, 2.75) is 38.1 Å². The first kappa shape index (κ1) is 18.4. The smallest absolute Gasteiger partial charge is 0.251 e. The van der Waals surface area contributed by atoms with Crippen LogP contribution in [0.1, 0.15) is 42.5 Å². The first-order valence-corrected chi connectivity index (χ1v) is 8.59. The molecule has 0 heterocycles. The van der Waals surface area contributed by atoms with E-state index in [4.69, 9.17) is 4.74 Å². The number of hydrogen-bond donors (Lipinski definition) is 3. The van der Waals surface area contributed by atoms with Crippen molar-refractivity contribution in [3.8, 4) is 0 Å². The Balaban J connectivity index is 1.83. The lowest BCUT2D eigenvalue weighted by atomic mass is 9.95. The molecule has 2 amide bonds. The SMILES string of the molecule is COCCNCC(=O)Nc1cccc(C(=O)NC2CCCCC2)c1. The first-order valence-electron chi connectivity index (χ1n) is 8.59. The van der Waals surface area contributed by atoms with Gasteiger partial charge in [0.2, 0.25) is 5.91 Å². The number of hydrogen-bond acceptors (Lipinski definition) is 4. The minimum absolute atomic E-state index is 0.0729. The van der Waals surface area contributed by atoms with Crippen molar-refractivity contribution in [1.29, 1.82) is 0 Å². The molecular weight excluding hydrogens is 306 g/mol. The number of nitrogens with one attached hydrogen (secondary N) is 3. The first-order chi connectivity index (χ1) is 11.7. The van der Waals surface area contributed by atoms with E-state index >= 15 is 0 Å². The minimum Gasteiger partial charge on any atom is -0.383 e. The maximum atomic E-state index is 12.3. The highest BCUT2D eigenvalue weighted by Crippen LogP contribution is 2.18. The highest BCUT2D eigenvalue weighted by Gasteiger charge is 2.16. The molecule has 1 aliphatic rings.